The zero-order valence-electron chi connectivity index (χ0n) is 10.2. The van der Waals surface area contributed by atoms with E-state index >= 15 is 0 Å². The number of hydrogen-bond donors (Lipinski definition) is 1. The first-order valence-corrected chi connectivity index (χ1v) is 6.23. The maximum atomic E-state index is 5.89. The Bertz CT molecular complexity index is 310. The summed E-state index contributed by atoms with van der Waals surface area (Å²) >= 11 is 0. The van der Waals surface area contributed by atoms with Gasteiger partial charge in [0.15, 0.2) is 0 Å². The number of ether oxygens (including phenoxy) is 1. The molecule has 16 heavy (non-hydrogen) atoms. The fraction of sp³-hybridized carbons (Fsp3) is 0.571. The summed E-state index contributed by atoms with van der Waals surface area (Å²) in [4.78, 5) is 0. The molecule has 0 bridgehead atoms. The molecule has 2 nitrogen and oxygen atoms in total. The summed E-state index contributed by atoms with van der Waals surface area (Å²) in [7, 11) is 0. The molecule has 1 aliphatic heterocycles. The molecule has 0 radical (unpaired) electrons. The van der Waals surface area contributed by atoms with E-state index in [0.717, 1.165) is 25.1 Å². The summed E-state index contributed by atoms with van der Waals surface area (Å²) < 4.78 is 5.89. The molecule has 1 atom stereocenters. The van der Waals surface area contributed by atoms with Gasteiger partial charge >= 0.3 is 0 Å². The summed E-state index contributed by atoms with van der Waals surface area (Å²) in [5.41, 5.74) is 1.37. The molecule has 0 fully saturated rings. The first kappa shape index (κ1) is 11.5. The number of para-hydroxylation sites is 1. The molecular weight excluding hydrogens is 198 g/mol. The molecule has 2 rings (SSSR count). The van der Waals surface area contributed by atoms with E-state index in [4.69, 9.17) is 4.74 Å². The molecule has 88 valence electrons. The van der Waals surface area contributed by atoms with Gasteiger partial charge in [0.05, 0.1) is 0 Å². The van der Waals surface area contributed by atoms with Gasteiger partial charge in [-0.3, -0.25) is 0 Å². The van der Waals surface area contributed by atoms with Gasteiger partial charge in [-0.05, 0) is 31.0 Å². The van der Waals surface area contributed by atoms with Crippen molar-refractivity contribution >= 4 is 0 Å². The Kier molecular flexibility index (Phi) is 3.83. The van der Waals surface area contributed by atoms with Crippen LogP contribution in [0.4, 0.5) is 0 Å². The van der Waals surface area contributed by atoms with Crippen molar-refractivity contribution < 1.29 is 4.74 Å². The second-order valence-electron chi connectivity index (χ2n) is 4.80. The summed E-state index contributed by atoms with van der Waals surface area (Å²) in [6.07, 6.45) is 3.81. The third-order valence-corrected chi connectivity index (χ3v) is 2.97. The average Bonchev–Trinajstić information content (AvgIpc) is 2.66. The van der Waals surface area contributed by atoms with Crippen molar-refractivity contribution in [1.29, 1.82) is 0 Å². The van der Waals surface area contributed by atoms with E-state index in [1.54, 1.807) is 0 Å². The highest BCUT2D eigenvalue weighted by atomic mass is 16.5. The minimum Gasteiger partial charge on any atom is -0.490 e. The molecule has 0 spiro atoms. The molecule has 2 heteroatoms. The van der Waals surface area contributed by atoms with Crippen LogP contribution in [0.2, 0.25) is 0 Å². The van der Waals surface area contributed by atoms with Gasteiger partial charge in [0.1, 0.15) is 11.9 Å². The van der Waals surface area contributed by atoms with Crippen molar-refractivity contribution in [3.63, 3.8) is 0 Å². The largest absolute Gasteiger partial charge is 0.490 e. The molecule has 0 aromatic heterocycles. The Hall–Kier alpha value is -1.02. The summed E-state index contributed by atoms with van der Waals surface area (Å²) in [5, 5.41) is 3.44. The van der Waals surface area contributed by atoms with E-state index in [1.165, 1.54) is 12.0 Å². The number of nitrogens with one attached hydrogen (secondary N) is 1. The number of benzene rings is 1. The van der Waals surface area contributed by atoms with Crippen molar-refractivity contribution in [2.24, 2.45) is 0 Å². The molecule has 1 aliphatic rings. The van der Waals surface area contributed by atoms with Gasteiger partial charge in [0.25, 0.3) is 0 Å². The second kappa shape index (κ2) is 5.35. The topological polar surface area (TPSA) is 21.3 Å². The van der Waals surface area contributed by atoms with Crippen LogP contribution in [0.25, 0.3) is 0 Å². The van der Waals surface area contributed by atoms with Gasteiger partial charge < -0.3 is 10.1 Å². The molecule has 0 saturated heterocycles. The zero-order valence-corrected chi connectivity index (χ0v) is 10.2. The number of fused-ring (bicyclic) bond motifs is 1. The van der Waals surface area contributed by atoms with Gasteiger partial charge in [0, 0.05) is 12.5 Å². The van der Waals surface area contributed by atoms with Gasteiger partial charge in [-0.1, -0.05) is 32.0 Å². The molecule has 1 unspecified atom stereocenters. The van der Waals surface area contributed by atoms with Crippen LogP contribution in [0.5, 0.6) is 5.75 Å². The van der Waals surface area contributed by atoms with Crippen LogP contribution in [-0.4, -0.2) is 18.7 Å². The van der Waals surface area contributed by atoms with Crippen LogP contribution in [0.3, 0.4) is 0 Å². The lowest BCUT2D eigenvalue weighted by molar-refractivity contribution is 0.217. The fourth-order valence-electron chi connectivity index (χ4n) is 2.14. The molecule has 1 aromatic rings. The van der Waals surface area contributed by atoms with E-state index in [2.05, 4.69) is 37.4 Å². The smallest absolute Gasteiger partial charge is 0.123 e. The standard InChI is InChI=1S/C14H21NO/c1-11(2)15-9-5-7-13-10-12-6-3-4-8-14(12)16-13/h3-4,6,8,11,13,15H,5,7,9-10H2,1-2H3. The quantitative estimate of drug-likeness (QED) is 0.769. The molecule has 1 N–H and O–H groups in total. The predicted octanol–water partition coefficient (Wildman–Crippen LogP) is 2.77. The molecule has 1 aromatic carbocycles. The Labute approximate surface area is 98.0 Å². The van der Waals surface area contributed by atoms with Crippen LogP contribution < -0.4 is 10.1 Å². The Balaban J connectivity index is 1.71. The zero-order chi connectivity index (χ0) is 11.4. The van der Waals surface area contributed by atoms with Gasteiger partial charge in [-0.2, -0.15) is 0 Å². The van der Waals surface area contributed by atoms with E-state index in [0.29, 0.717) is 12.1 Å². The van der Waals surface area contributed by atoms with Crippen molar-refractivity contribution in [2.45, 2.75) is 45.3 Å². The predicted molar refractivity (Wildman–Crippen MR) is 66.9 cm³/mol. The van der Waals surface area contributed by atoms with Gasteiger partial charge in [-0.25, -0.2) is 0 Å². The summed E-state index contributed by atoms with van der Waals surface area (Å²) in [5.74, 6) is 1.09. The molecule has 0 saturated carbocycles. The van der Waals surface area contributed by atoms with E-state index in [9.17, 15) is 0 Å². The van der Waals surface area contributed by atoms with Gasteiger partial charge in [-0.15, -0.1) is 0 Å². The second-order valence-corrected chi connectivity index (χ2v) is 4.80. The Morgan fingerprint density at radius 3 is 2.94 bits per heavy atom. The Morgan fingerprint density at radius 1 is 1.38 bits per heavy atom. The fourth-order valence-corrected chi connectivity index (χ4v) is 2.14. The normalized spacial score (nSPS) is 18.6. The first-order valence-electron chi connectivity index (χ1n) is 6.23. The Morgan fingerprint density at radius 2 is 2.19 bits per heavy atom. The third-order valence-electron chi connectivity index (χ3n) is 2.97. The minimum absolute atomic E-state index is 0.395. The van der Waals surface area contributed by atoms with Gasteiger partial charge in [0.2, 0.25) is 0 Å². The van der Waals surface area contributed by atoms with Crippen molar-refractivity contribution in [3.8, 4) is 5.75 Å². The van der Waals surface area contributed by atoms with Crippen LogP contribution in [0.1, 0.15) is 32.3 Å². The first-order chi connectivity index (χ1) is 7.75. The molecule has 0 aliphatic carbocycles. The highest BCUT2D eigenvalue weighted by Crippen LogP contribution is 2.29. The highest BCUT2D eigenvalue weighted by molar-refractivity contribution is 5.37. The van der Waals surface area contributed by atoms with E-state index in [-0.39, 0.29) is 0 Å². The lowest BCUT2D eigenvalue weighted by Crippen LogP contribution is -2.25. The minimum atomic E-state index is 0.395. The van der Waals surface area contributed by atoms with E-state index < -0.39 is 0 Å². The third kappa shape index (κ3) is 2.99. The van der Waals surface area contributed by atoms with Crippen LogP contribution in [0.15, 0.2) is 24.3 Å². The lowest BCUT2D eigenvalue weighted by Gasteiger charge is -2.12. The highest BCUT2D eigenvalue weighted by Gasteiger charge is 2.21. The summed E-state index contributed by atoms with van der Waals surface area (Å²) in [6.45, 7) is 5.46. The van der Waals surface area contributed by atoms with Crippen LogP contribution in [-0.2, 0) is 6.42 Å². The molecule has 0 amide bonds. The molecule has 1 heterocycles. The van der Waals surface area contributed by atoms with Crippen LogP contribution >= 0.6 is 0 Å². The maximum absolute atomic E-state index is 5.89. The number of hydrogen-bond acceptors (Lipinski definition) is 2. The van der Waals surface area contributed by atoms with E-state index in [1.807, 2.05) is 6.07 Å². The monoisotopic (exact) mass is 219 g/mol. The average molecular weight is 219 g/mol. The maximum Gasteiger partial charge on any atom is 0.123 e. The summed E-state index contributed by atoms with van der Waals surface area (Å²) in [6, 6.07) is 8.96. The number of rotatable bonds is 5. The van der Waals surface area contributed by atoms with Crippen molar-refractivity contribution in [3.05, 3.63) is 29.8 Å². The lowest BCUT2D eigenvalue weighted by atomic mass is 10.1. The van der Waals surface area contributed by atoms with Crippen molar-refractivity contribution in [2.75, 3.05) is 6.54 Å². The molecular formula is C14H21NO. The van der Waals surface area contributed by atoms with Crippen molar-refractivity contribution in [1.82, 2.24) is 5.32 Å². The SMILES string of the molecule is CC(C)NCCCC1Cc2ccccc2O1. The van der Waals surface area contributed by atoms with Crippen LogP contribution in [0, 0.1) is 0 Å².